The maximum Gasteiger partial charge on any atom is 0.222 e. The average molecular weight is 319 g/mol. The SMILES string of the molecule is CCCOCCOCCOCCOCCC(=O)NCC(C)C. The summed E-state index contributed by atoms with van der Waals surface area (Å²) in [5.41, 5.74) is 0. The largest absolute Gasteiger partial charge is 0.379 e. The van der Waals surface area contributed by atoms with Gasteiger partial charge in [-0.3, -0.25) is 4.79 Å². The van der Waals surface area contributed by atoms with Gasteiger partial charge in [0.25, 0.3) is 0 Å². The molecule has 0 atom stereocenters. The van der Waals surface area contributed by atoms with Gasteiger partial charge in [-0.05, 0) is 12.3 Å². The van der Waals surface area contributed by atoms with Crippen molar-refractivity contribution in [1.82, 2.24) is 5.32 Å². The Bertz CT molecular complexity index is 249. The van der Waals surface area contributed by atoms with Crippen molar-refractivity contribution in [1.29, 1.82) is 0 Å². The zero-order valence-electron chi connectivity index (χ0n) is 14.4. The maximum atomic E-state index is 11.4. The third-order valence-electron chi connectivity index (χ3n) is 2.65. The molecule has 0 heterocycles. The van der Waals surface area contributed by atoms with Crippen molar-refractivity contribution < 1.29 is 23.7 Å². The zero-order valence-corrected chi connectivity index (χ0v) is 14.4. The summed E-state index contributed by atoms with van der Waals surface area (Å²) >= 11 is 0. The highest BCUT2D eigenvalue weighted by Crippen LogP contribution is 1.90. The molecular weight excluding hydrogens is 286 g/mol. The monoisotopic (exact) mass is 319 g/mol. The molecule has 0 unspecified atom stereocenters. The standard InChI is InChI=1S/C16H33NO5/c1-4-6-19-8-10-21-12-13-22-11-9-20-7-5-16(18)17-14-15(2)3/h15H,4-14H2,1-3H3,(H,17,18). The number of amides is 1. The summed E-state index contributed by atoms with van der Waals surface area (Å²) in [5, 5.41) is 2.85. The van der Waals surface area contributed by atoms with Crippen LogP contribution in [0.4, 0.5) is 0 Å². The molecule has 1 amide bonds. The lowest BCUT2D eigenvalue weighted by Crippen LogP contribution is -2.28. The lowest BCUT2D eigenvalue weighted by Gasteiger charge is -2.08. The average Bonchev–Trinajstić information content (AvgIpc) is 2.49. The number of carbonyl (C=O) groups excluding carboxylic acids is 1. The second kappa shape index (κ2) is 16.7. The summed E-state index contributed by atoms with van der Waals surface area (Å²) in [6.45, 7) is 11.5. The fraction of sp³-hybridized carbons (Fsp3) is 0.938. The van der Waals surface area contributed by atoms with Crippen LogP contribution >= 0.6 is 0 Å². The third-order valence-corrected chi connectivity index (χ3v) is 2.65. The molecule has 0 aliphatic heterocycles. The van der Waals surface area contributed by atoms with Crippen molar-refractivity contribution in [2.45, 2.75) is 33.6 Å². The van der Waals surface area contributed by atoms with Crippen LogP contribution in [0, 0.1) is 5.92 Å². The second-order valence-electron chi connectivity index (χ2n) is 5.40. The summed E-state index contributed by atoms with van der Waals surface area (Å²) < 4.78 is 21.3. The van der Waals surface area contributed by atoms with Gasteiger partial charge in [0.15, 0.2) is 0 Å². The van der Waals surface area contributed by atoms with Crippen LogP contribution in [0.15, 0.2) is 0 Å². The Labute approximate surface area is 134 Å². The van der Waals surface area contributed by atoms with Crippen molar-refractivity contribution in [3.05, 3.63) is 0 Å². The molecule has 0 spiro atoms. The minimum atomic E-state index is 0.0355. The van der Waals surface area contributed by atoms with Gasteiger partial charge in [-0.2, -0.15) is 0 Å². The molecule has 22 heavy (non-hydrogen) atoms. The summed E-state index contributed by atoms with van der Waals surface area (Å²) in [6, 6.07) is 0. The van der Waals surface area contributed by atoms with Crippen molar-refractivity contribution >= 4 is 5.91 Å². The second-order valence-corrected chi connectivity index (χ2v) is 5.40. The van der Waals surface area contributed by atoms with Gasteiger partial charge in [0.2, 0.25) is 5.91 Å². The predicted molar refractivity (Wildman–Crippen MR) is 86.0 cm³/mol. The molecule has 0 aromatic heterocycles. The Kier molecular flexibility index (Phi) is 16.2. The molecule has 0 bridgehead atoms. The first kappa shape index (κ1) is 21.3. The molecule has 0 aromatic carbocycles. The molecule has 6 heteroatoms. The quantitative estimate of drug-likeness (QED) is 0.438. The third kappa shape index (κ3) is 17.4. The smallest absolute Gasteiger partial charge is 0.222 e. The number of ether oxygens (including phenoxy) is 4. The Hall–Kier alpha value is -0.690. The van der Waals surface area contributed by atoms with Gasteiger partial charge in [-0.15, -0.1) is 0 Å². The molecule has 6 nitrogen and oxygen atoms in total. The van der Waals surface area contributed by atoms with Crippen LogP contribution < -0.4 is 5.32 Å². The first-order valence-corrected chi connectivity index (χ1v) is 8.24. The molecule has 0 aliphatic rings. The number of hydrogen-bond donors (Lipinski definition) is 1. The highest BCUT2D eigenvalue weighted by molar-refractivity contribution is 5.75. The van der Waals surface area contributed by atoms with Crippen LogP contribution in [0.1, 0.15) is 33.6 Å². The number of rotatable bonds is 16. The fourth-order valence-corrected chi connectivity index (χ4v) is 1.48. The highest BCUT2D eigenvalue weighted by Gasteiger charge is 2.01. The van der Waals surface area contributed by atoms with E-state index >= 15 is 0 Å². The number of carbonyl (C=O) groups is 1. The van der Waals surface area contributed by atoms with Gasteiger partial charge in [0.05, 0.1) is 46.2 Å². The van der Waals surface area contributed by atoms with Gasteiger partial charge < -0.3 is 24.3 Å². The van der Waals surface area contributed by atoms with Crippen LogP contribution in [0.3, 0.4) is 0 Å². The molecule has 0 radical (unpaired) electrons. The van der Waals surface area contributed by atoms with Crippen molar-refractivity contribution in [2.24, 2.45) is 5.92 Å². The molecule has 0 rings (SSSR count). The zero-order chi connectivity index (χ0) is 16.5. The van der Waals surface area contributed by atoms with E-state index in [0.29, 0.717) is 65.1 Å². The van der Waals surface area contributed by atoms with E-state index in [1.54, 1.807) is 0 Å². The molecular formula is C16H33NO5. The Morgan fingerprint density at radius 2 is 1.27 bits per heavy atom. The highest BCUT2D eigenvalue weighted by atomic mass is 16.6. The summed E-state index contributed by atoms with van der Waals surface area (Å²) in [7, 11) is 0. The van der Waals surface area contributed by atoms with E-state index in [-0.39, 0.29) is 5.91 Å². The first-order valence-electron chi connectivity index (χ1n) is 8.24. The lowest BCUT2D eigenvalue weighted by atomic mass is 10.2. The Morgan fingerprint density at radius 1 is 0.818 bits per heavy atom. The van der Waals surface area contributed by atoms with E-state index in [4.69, 9.17) is 18.9 Å². The minimum absolute atomic E-state index is 0.0355. The van der Waals surface area contributed by atoms with Crippen LogP contribution in [-0.4, -0.2) is 65.3 Å². The van der Waals surface area contributed by atoms with Crippen LogP contribution in [-0.2, 0) is 23.7 Å². The van der Waals surface area contributed by atoms with Crippen molar-refractivity contribution in [3.63, 3.8) is 0 Å². The van der Waals surface area contributed by atoms with Gasteiger partial charge in [-0.25, -0.2) is 0 Å². The predicted octanol–water partition coefficient (Wildman–Crippen LogP) is 1.63. The summed E-state index contributed by atoms with van der Waals surface area (Å²) in [5.74, 6) is 0.506. The van der Waals surface area contributed by atoms with E-state index in [1.165, 1.54) is 0 Å². The summed E-state index contributed by atoms with van der Waals surface area (Å²) in [4.78, 5) is 11.4. The molecule has 1 N–H and O–H groups in total. The van der Waals surface area contributed by atoms with Crippen LogP contribution in [0.2, 0.25) is 0 Å². The van der Waals surface area contributed by atoms with E-state index in [9.17, 15) is 4.79 Å². The molecule has 0 saturated heterocycles. The Morgan fingerprint density at radius 3 is 1.73 bits per heavy atom. The maximum absolute atomic E-state index is 11.4. The lowest BCUT2D eigenvalue weighted by molar-refractivity contribution is -0.122. The molecule has 132 valence electrons. The molecule has 0 saturated carbocycles. The van der Waals surface area contributed by atoms with Crippen molar-refractivity contribution in [3.8, 4) is 0 Å². The van der Waals surface area contributed by atoms with Gasteiger partial charge in [0, 0.05) is 19.6 Å². The minimum Gasteiger partial charge on any atom is -0.379 e. The van der Waals surface area contributed by atoms with Gasteiger partial charge in [0.1, 0.15) is 0 Å². The normalized spacial score (nSPS) is 11.1. The van der Waals surface area contributed by atoms with Crippen LogP contribution in [0.5, 0.6) is 0 Å². The molecule has 0 aliphatic carbocycles. The summed E-state index contributed by atoms with van der Waals surface area (Å²) in [6.07, 6.45) is 1.43. The Balaban J connectivity index is 3.09. The van der Waals surface area contributed by atoms with Gasteiger partial charge in [-0.1, -0.05) is 20.8 Å². The first-order chi connectivity index (χ1) is 10.7. The number of nitrogens with one attached hydrogen (secondary N) is 1. The molecule has 0 fully saturated rings. The fourth-order valence-electron chi connectivity index (χ4n) is 1.48. The van der Waals surface area contributed by atoms with Crippen molar-refractivity contribution in [2.75, 3.05) is 59.4 Å². The number of hydrogen-bond acceptors (Lipinski definition) is 5. The topological polar surface area (TPSA) is 66.0 Å². The van der Waals surface area contributed by atoms with Gasteiger partial charge >= 0.3 is 0 Å². The van der Waals surface area contributed by atoms with E-state index in [2.05, 4.69) is 26.1 Å². The van der Waals surface area contributed by atoms with E-state index in [1.807, 2.05) is 0 Å². The van der Waals surface area contributed by atoms with E-state index in [0.717, 1.165) is 13.0 Å². The van der Waals surface area contributed by atoms with Crippen LogP contribution in [0.25, 0.3) is 0 Å². The van der Waals surface area contributed by atoms with E-state index < -0.39 is 0 Å². The molecule has 0 aromatic rings.